The topological polar surface area (TPSA) is 157 Å². The van der Waals surface area contributed by atoms with E-state index in [1.807, 2.05) is 37.3 Å². The van der Waals surface area contributed by atoms with Crippen molar-refractivity contribution in [3.05, 3.63) is 35.9 Å². The molecule has 0 aliphatic carbocycles. The van der Waals surface area contributed by atoms with E-state index in [4.69, 9.17) is 23.7 Å². The Hall–Kier alpha value is -2.16. The van der Waals surface area contributed by atoms with E-state index in [2.05, 4.69) is 16.0 Å². The molecule has 0 aromatic heterocycles. The quantitative estimate of drug-likeness (QED) is 0.274. The molecular weight excluding hydrogens is 498 g/mol. The number of carbonyl (C=O) groups is 2. The lowest BCUT2D eigenvalue weighted by atomic mass is 9.92. The zero-order valence-corrected chi connectivity index (χ0v) is 21.9. The molecule has 0 saturated carbocycles. The second-order valence-corrected chi connectivity index (χ2v) is 9.91. The second kappa shape index (κ2) is 13.3. The number of rotatable bonds is 9. The molecule has 1 aromatic rings. The van der Waals surface area contributed by atoms with Crippen LogP contribution in [0.5, 0.6) is 0 Å². The van der Waals surface area contributed by atoms with Gasteiger partial charge in [0.15, 0.2) is 12.6 Å². The summed E-state index contributed by atoms with van der Waals surface area (Å²) in [5.74, 6) is -0.589. The first kappa shape index (κ1) is 28.8. The van der Waals surface area contributed by atoms with E-state index in [1.165, 1.54) is 13.8 Å². The van der Waals surface area contributed by atoms with Gasteiger partial charge in [0.1, 0.15) is 36.6 Å². The minimum atomic E-state index is -1.31. The molecule has 5 N–H and O–H groups in total. The van der Waals surface area contributed by atoms with Gasteiger partial charge in [-0.05, 0) is 6.42 Å². The van der Waals surface area contributed by atoms with Gasteiger partial charge in [-0.3, -0.25) is 9.59 Å². The number of hydrogen-bond acceptors (Lipinski definition) is 10. The van der Waals surface area contributed by atoms with Crippen molar-refractivity contribution in [1.82, 2.24) is 16.0 Å². The number of nitrogens with one attached hydrogen (secondary N) is 3. The summed E-state index contributed by atoms with van der Waals surface area (Å²) in [7, 11) is 0. The number of hydrogen-bond donors (Lipinski definition) is 5. The molecule has 212 valence electrons. The van der Waals surface area contributed by atoms with Gasteiger partial charge in [0.25, 0.3) is 0 Å². The van der Waals surface area contributed by atoms with Gasteiger partial charge in [-0.15, -0.1) is 0 Å². The smallest absolute Gasteiger partial charge is 0.217 e. The first-order valence-electron chi connectivity index (χ1n) is 13.1. The largest absolute Gasteiger partial charge is 0.388 e. The highest BCUT2D eigenvalue weighted by molar-refractivity contribution is 5.73. The Kier molecular flexibility index (Phi) is 10.1. The highest BCUT2D eigenvalue weighted by Crippen LogP contribution is 2.32. The normalized spacial score (nSPS) is 37.2. The molecule has 0 radical (unpaired) electrons. The Morgan fingerprint density at radius 3 is 2.39 bits per heavy atom. The fourth-order valence-electron chi connectivity index (χ4n) is 5.12. The first-order chi connectivity index (χ1) is 18.3. The van der Waals surface area contributed by atoms with E-state index in [0.717, 1.165) is 5.56 Å². The van der Waals surface area contributed by atoms with Crippen molar-refractivity contribution < 1.29 is 43.5 Å². The van der Waals surface area contributed by atoms with Crippen molar-refractivity contribution in [2.24, 2.45) is 0 Å². The van der Waals surface area contributed by atoms with Crippen LogP contribution in [0.3, 0.4) is 0 Å². The maximum absolute atomic E-state index is 12.0. The third kappa shape index (κ3) is 6.88. The molecule has 38 heavy (non-hydrogen) atoms. The predicted octanol–water partition coefficient (Wildman–Crippen LogP) is -0.660. The molecule has 10 atom stereocenters. The first-order valence-corrected chi connectivity index (χ1v) is 13.1. The lowest BCUT2D eigenvalue weighted by Crippen LogP contribution is -2.69. The average Bonchev–Trinajstić information content (AvgIpc) is 2.90. The molecule has 1 aromatic carbocycles. The molecule has 4 rings (SSSR count). The summed E-state index contributed by atoms with van der Waals surface area (Å²) >= 11 is 0. The summed E-state index contributed by atoms with van der Waals surface area (Å²) in [5, 5.41) is 30.6. The number of fused-ring (bicyclic) bond motifs is 1. The molecule has 12 nitrogen and oxygen atoms in total. The maximum Gasteiger partial charge on any atom is 0.217 e. The van der Waals surface area contributed by atoms with E-state index in [-0.39, 0.29) is 31.1 Å². The molecule has 3 aliphatic rings. The molecule has 3 heterocycles. The SMILES string of the molecule is CCCO[C@H]1O[C@H](CN[C@H]2[C@@H]3OC(c4ccccc4)OC[C@H]3OC[C@@H]2NC(C)=O)[C@@H](O)[C@H](O)[C@H]1NC(C)=O. The lowest BCUT2D eigenvalue weighted by Gasteiger charge is -2.48. The summed E-state index contributed by atoms with van der Waals surface area (Å²) in [6.45, 7) is 5.70. The number of amides is 2. The van der Waals surface area contributed by atoms with E-state index in [9.17, 15) is 19.8 Å². The van der Waals surface area contributed by atoms with E-state index >= 15 is 0 Å². The highest BCUT2D eigenvalue weighted by Gasteiger charge is 2.48. The Morgan fingerprint density at radius 2 is 1.71 bits per heavy atom. The van der Waals surface area contributed by atoms with Crippen LogP contribution < -0.4 is 16.0 Å². The number of ether oxygens (including phenoxy) is 5. The second-order valence-electron chi connectivity index (χ2n) is 9.91. The summed E-state index contributed by atoms with van der Waals surface area (Å²) in [6, 6.07) is 7.79. The van der Waals surface area contributed by atoms with Crippen LogP contribution in [-0.2, 0) is 33.3 Å². The van der Waals surface area contributed by atoms with Crippen molar-refractivity contribution in [3.8, 4) is 0 Å². The van der Waals surface area contributed by atoms with Crippen LogP contribution in [0.4, 0.5) is 0 Å². The lowest BCUT2D eigenvalue weighted by molar-refractivity contribution is -0.289. The number of aliphatic hydroxyl groups excluding tert-OH is 2. The maximum atomic E-state index is 12.0. The average molecular weight is 538 g/mol. The minimum Gasteiger partial charge on any atom is -0.388 e. The number of benzene rings is 1. The van der Waals surface area contributed by atoms with Gasteiger partial charge in [-0.25, -0.2) is 0 Å². The molecule has 3 fully saturated rings. The van der Waals surface area contributed by atoms with Crippen LogP contribution in [-0.4, -0.2) is 103 Å². The van der Waals surface area contributed by atoms with Gasteiger partial charge in [-0.2, -0.15) is 0 Å². The molecule has 1 unspecified atom stereocenters. The van der Waals surface area contributed by atoms with Gasteiger partial charge < -0.3 is 49.8 Å². The van der Waals surface area contributed by atoms with Crippen LogP contribution in [0.15, 0.2) is 30.3 Å². The van der Waals surface area contributed by atoms with Crippen molar-refractivity contribution in [1.29, 1.82) is 0 Å². The van der Waals surface area contributed by atoms with Gasteiger partial charge in [0, 0.05) is 32.6 Å². The van der Waals surface area contributed by atoms with Crippen LogP contribution in [0.1, 0.15) is 39.0 Å². The molecule has 0 spiro atoms. The molecule has 0 bridgehead atoms. The van der Waals surface area contributed by atoms with Crippen molar-refractivity contribution >= 4 is 11.8 Å². The fourth-order valence-corrected chi connectivity index (χ4v) is 5.12. The Balaban J connectivity index is 1.49. The molecule has 2 amide bonds. The molecule has 3 aliphatic heterocycles. The van der Waals surface area contributed by atoms with E-state index in [0.29, 0.717) is 19.6 Å². The van der Waals surface area contributed by atoms with Crippen molar-refractivity contribution in [2.45, 2.75) is 88.4 Å². The Bertz CT molecular complexity index is 922. The number of carbonyl (C=O) groups excluding carboxylic acids is 2. The standard InChI is InChI=1S/C26H39N3O9/c1-4-10-34-26-21(29-15(3)31)23(33)22(32)18(37-26)11-27-20-17(28-14(2)30)12-35-19-13-36-25(38-24(19)20)16-8-6-5-7-9-16/h5-9,17-27,32-33H,4,10-13H2,1-3H3,(H,28,30)(H,29,31)/t17-,18+,19+,20+,21+,22+,23+,24+,25?,26-/m0/s1. The van der Waals surface area contributed by atoms with Crippen LogP contribution in [0.2, 0.25) is 0 Å². The monoisotopic (exact) mass is 537 g/mol. The third-order valence-electron chi connectivity index (χ3n) is 6.91. The van der Waals surface area contributed by atoms with E-state index < -0.39 is 55.1 Å². The van der Waals surface area contributed by atoms with Crippen LogP contribution in [0, 0.1) is 0 Å². The van der Waals surface area contributed by atoms with Gasteiger partial charge in [0.2, 0.25) is 11.8 Å². The van der Waals surface area contributed by atoms with Gasteiger partial charge in [0.05, 0.1) is 25.3 Å². The Morgan fingerprint density at radius 1 is 0.974 bits per heavy atom. The predicted molar refractivity (Wildman–Crippen MR) is 134 cm³/mol. The summed E-state index contributed by atoms with van der Waals surface area (Å²) in [6.07, 6.45) is -5.17. The van der Waals surface area contributed by atoms with Crippen LogP contribution in [0.25, 0.3) is 0 Å². The third-order valence-corrected chi connectivity index (χ3v) is 6.91. The minimum absolute atomic E-state index is 0.112. The summed E-state index contributed by atoms with van der Waals surface area (Å²) in [4.78, 5) is 23.6. The fraction of sp³-hybridized carbons (Fsp3) is 0.692. The summed E-state index contributed by atoms with van der Waals surface area (Å²) < 4.78 is 30.0. The number of aliphatic hydroxyl groups is 2. The van der Waals surface area contributed by atoms with E-state index in [1.54, 1.807) is 0 Å². The summed E-state index contributed by atoms with van der Waals surface area (Å²) in [5.41, 5.74) is 0.862. The molecule has 12 heteroatoms. The highest BCUT2D eigenvalue weighted by atomic mass is 16.7. The Labute approximate surface area is 222 Å². The van der Waals surface area contributed by atoms with Crippen molar-refractivity contribution in [3.63, 3.8) is 0 Å². The zero-order valence-electron chi connectivity index (χ0n) is 21.9. The zero-order chi connectivity index (χ0) is 27.2. The van der Waals surface area contributed by atoms with Gasteiger partial charge >= 0.3 is 0 Å². The molecular formula is C26H39N3O9. The molecule has 3 saturated heterocycles. The van der Waals surface area contributed by atoms with Crippen LogP contribution >= 0.6 is 0 Å². The van der Waals surface area contributed by atoms with Gasteiger partial charge in [-0.1, -0.05) is 37.3 Å². The van der Waals surface area contributed by atoms with Crippen molar-refractivity contribution in [2.75, 3.05) is 26.4 Å².